The van der Waals surface area contributed by atoms with Gasteiger partial charge in [0.05, 0.1) is 19.8 Å². The summed E-state index contributed by atoms with van der Waals surface area (Å²) in [6.45, 7) is 3.76. The van der Waals surface area contributed by atoms with Crippen LogP contribution in [0.1, 0.15) is 12.8 Å². The first kappa shape index (κ1) is 11.8. The summed E-state index contributed by atoms with van der Waals surface area (Å²) >= 11 is 0. The summed E-state index contributed by atoms with van der Waals surface area (Å²) in [7, 11) is 0. The SMILES string of the molecule is NCC1CCCN(C(=O)C2COCCO2)C1. The molecule has 2 unspecified atom stereocenters. The van der Waals surface area contributed by atoms with Crippen LogP contribution >= 0.6 is 0 Å². The number of hydrogen-bond donors (Lipinski definition) is 1. The Labute approximate surface area is 95.9 Å². The van der Waals surface area contributed by atoms with E-state index in [1.165, 1.54) is 0 Å². The molecule has 0 aromatic heterocycles. The van der Waals surface area contributed by atoms with E-state index >= 15 is 0 Å². The molecule has 2 atom stereocenters. The average molecular weight is 228 g/mol. The number of nitrogens with zero attached hydrogens (tertiary/aromatic N) is 1. The molecular weight excluding hydrogens is 208 g/mol. The zero-order valence-electron chi connectivity index (χ0n) is 9.56. The molecule has 2 aliphatic heterocycles. The number of carbonyl (C=O) groups excluding carboxylic acids is 1. The molecule has 2 fully saturated rings. The molecular formula is C11H20N2O3. The van der Waals surface area contributed by atoms with Crippen molar-refractivity contribution in [3.05, 3.63) is 0 Å². The molecule has 0 bridgehead atoms. The first-order valence-corrected chi connectivity index (χ1v) is 5.99. The summed E-state index contributed by atoms with van der Waals surface area (Å²) in [4.78, 5) is 14.0. The van der Waals surface area contributed by atoms with Crippen LogP contribution in [0.3, 0.4) is 0 Å². The smallest absolute Gasteiger partial charge is 0.254 e. The van der Waals surface area contributed by atoms with Crippen molar-refractivity contribution in [3.63, 3.8) is 0 Å². The van der Waals surface area contributed by atoms with Crippen LogP contribution in [0.15, 0.2) is 0 Å². The second-order valence-electron chi connectivity index (χ2n) is 4.46. The number of carbonyl (C=O) groups is 1. The van der Waals surface area contributed by atoms with Gasteiger partial charge in [0.1, 0.15) is 0 Å². The predicted molar refractivity (Wildman–Crippen MR) is 58.9 cm³/mol. The highest BCUT2D eigenvalue weighted by Gasteiger charge is 2.30. The Bertz CT molecular complexity index is 241. The molecule has 0 aromatic carbocycles. The van der Waals surface area contributed by atoms with Crippen LogP contribution in [0.4, 0.5) is 0 Å². The minimum Gasteiger partial charge on any atom is -0.376 e. The van der Waals surface area contributed by atoms with Crippen molar-refractivity contribution >= 4 is 5.91 Å². The first-order chi connectivity index (χ1) is 7.81. The fraction of sp³-hybridized carbons (Fsp3) is 0.909. The Kier molecular flexibility index (Phi) is 4.15. The van der Waals surface area contributed by atoms with Gasteiger partial charge in [-0.3, -0.25) is 4.79 Å². The summed E-state index contributed by atoms with van der Waals surface area (Å²) < 4.78 is 10.7. The molecule has 0 saturated carbocycles. The molecule has 0 radical (unpaired) electrons. The molecule has 2 rings (SSSR count). The quantitative estimate of drug-likeness (QED) is 0.698. The fourth-order valence-corrected chi connectivity index (χ4v) is 2.29. The van der Waals surface area contributed by atoms with Crippen LogP contribution < -0.4 is 5.73 Å². The number of amides is 1. The molecule has 5 heteroatoms. The van der Waals surface area contributed by atoms with E-state index in [4.69, 9.17) is 15.2 Å². The summed E-state index contributed by atoms with van der Waals surface area (Å²) in [6, 6.07) is 0. The van der Waals surface area contributed by atoms with Gasteiger partial charge in [0.15, 0.2) is 6.10 Å². The van der Waals surface area contributed by atoms with E-state index in [0.29, 0.717) is 32.3 Å². The fourth-order valence-electron chi connectivity index (χ4n) is 2.29. The third-order valence-electron chi connectivity index (χ3n) is 3.26. The summed E-state index contributed by atoms with van der Waals surface area (Å²) in [5.74, 6) is 0.514. The maximum atomic E-state index is 12.1. The van der Waals surface area contributed by atoms with Crippen molar-refractivity contribution < 1.29 is 14.3 Å². The molecule has 2 N–H and O–H groups in total. The molecule has 1 amide bonds. The van der Waals surface area contributed by atoms with Gasteiger partial charge in [-0.1, -0.05) is 0 Å². The normalized spacial score (nSPS) is 31.4. The van der Waals surface area contributed by atoms with Gasteiger partial charge in [0, 0.05) is 13.1 Å². The monoisotopic (exact) mass is 228 g/mol. The van der Waals surface area contributed by atoms with Crippen LogP contribution in [0.25, 0.3) is 0 Å². The van der Waals surface area contributed by atoms with Crippen molar-refractivity contribution in [3.8, 4) is 0 Å². The lowest BCUT2D eigenvalue weighted by atomic mass is 9.98. The molecule has 0 aliphatic carbocycles. The van der Waals surface area contributed by atoms with Gasteiger partial charge in [-0.05, 0) is 25.3 Å². The third-order valence-corrected chi connectivity index (χ3v) is 3.26. The van der Waals surface area contributed by atoms with Gasteiger partial charge < -0.3 is 20.1 Å². The van der Waals surface area contributed by atoms with Crippen molar-refractivity contribution in [2.75, 3.05) is 39.5 Å². The summed E-state index contributed by atoms with van der Waals surface area (Å²) in [5.41, 5.74) is 5.65. The Morgan fingerprint density at radius 3 is 3.00 bits per heavy atom. The van der Waals surface area contributed by atoms with Gasteiger partial charge in [-0.15, -0.1) is 0 Å². The van der Waals surface area contributed by atoms with Gasteiger partial charge >= 0.3 is 0 Å². The third kappa shape index (κ3) is 2.72. The van der Waals surface area contributed by atoms with E-state index in [9.17, 15) is 4.79 Å². The van der Waals surface area contributed by atoms with Crippen LogP contribution in [-0.2, 0) is 14.3 Å². The minimum atomic E-state index is -0.398. The van der Waals surface area contributed by atoms with E-state index in [-0.39, 0.29) is 5.91 Å². The number of ether oxygens (including phenoxy) is 2. The van der Waals surface area contributed by atoms with E-state index < -0.39 is 6.10 Å². The summed E-state index contributed by atoms with van der Waals surface area (Å²) in [6.07, 6.45) is 1.77. The predicted octanol–water partition coefficient (Wildman–Crippen LogP) is -0.401. The molecule has 16 heavy (non-hydrogen) atoms. The van der Waals surface area contributed by atoms with Crippen LogP contribution in [-0.4, -0.2) is 56.4 Å². The maximum Gasteiger partial charge on any atom is 0.254 e. The van der Waals surface area contributed by atoms with E-state index in [2.05, 4.69) is 0 Å². The molecule has 0 aromatic rings. The molecule has 2 aliphatic rings. The van der Waals surface area contributed by atoms with Crippen molar-refractivity contribution in [1.82, 2.24) is 4.90 Å². The molecule has 2 saturated heterocycles. The molecule has 0 spiro atoms. The van der Waals surface area contributed by atoms with Crippen molar-refractivity contribution in [1.29, 1.82) is 0 Å². The molecule has 2 heterocycles. The highest BCUT2D eigenvalue weighted by atomic mass is 16.6. The molecule has 92 valence electrons. The van der Waals surface area contributed by atoms with E-state index in [1.807, 2.05) is 4.90 Å². The van der Waals surface area contributed by atoms with Crippen molar-refractivity contribution in [2.45, 2.75) is 18.9 Å². The van der Waals surface area contributed by atoms with Crippen LogP contribution in [0, 0.1) is 5.92 Å². The van der Waals surface area contributed by atoms with Gasteiger partial charge in [-0.2, -0.15) is 0 Å². The first-order valence-electron chi connectivity index (χ1n) is 5.99. The lowest BCUT2D eigenvalue weighted by Gasteiger charge is -2.35. The number of nitrogens with two attached hydrogens (primary N) is 1. The largest absolute Gasteiger partial charge is 0.376 e. The van der Waals surface area contributed by atoms with Gasteiger partial charge in [0.2, 0.25) is 0 Å². The zero-order valence-corrected chi connectivity index (χ0v) is 9.56. The zero-order chi connectivity index (χ0) is 11.4. The standard InChI is InChI=1S/C11H20N2O3/c12-6-9-2-1-3-13(7-9)11(14)10-8-15-4-5-16-10/h9-10H,1-8,12H2. The van der Waals surface area contributed by atoms with Gasteiger partial charge in [0.25, 0.3) is 5.91 Å². The summed E-state index contributed by atoms with van der Waals surface area (Å²) in [5, 5.41) is 0. The Balaban J connectivity index is 1.87. The molecule has 5 nitrogen and oxygen atoms in total. The van der Waals surface area contributed by atoms with Crippen LogP contribution in [0.2, 0.25) is 0 Å². The average Bonchev–Trinajstić information content (AvgIpc) is 2.39. The Morgan fingerprint density at radius 1 is 1.44 bits per heavy atom. The van der Waals surface area contributed by atoms with Crippen molar-refractivity contribution in [2.24, 2.45) is 11.7 Å². The Morgan fingerprint density at radius 2 is 2.31 bits per heavy atom. The second kappa shape index (κ2) is 5.61. The van der Waals surface area contributed by atoms with Gasteiger partial charge in [-0.25, -0.2) is 0 Å². The number of rotatable bonds is 2. The van der Waals surface area contributed by atoms with E-state index in [0.717, 1.165) is 25.9 Å². The topological polar surface area (TPSA) is 64.8 Å². The maximum absolute atomic E-state index is 12.1. The highest BCUT2D eigenvalue weighted by Crippen LogP contribution is 2.17. The minimum absolute atomic E-state index is 0.0675. The van der Waals surface area contributed by atoms with E-state index in [1.54, 1.807) is 0 Å². The number of piperidine rings is 1. The van der Waals surface area contributed by atoms with Crippen LogP contribution in [0.5, 0.6) is 0 Å². The second-order valence-corrected chi connectivity index (χ2v) is 4.46. The highest BCUT2D eigenvalue weighted by molar-refractivity contribution is 5.81. The Hall–Kier alpha value is -0.650. The lowest BCUT2D eigenvalue weighted by Crippen LogP contribution is -2.49. The number of hydrogen-bond acceptors (Lipinski definition) is 4. The lowest BCUT2D eigenvalue weighted by molar-refractivity contribution is -0.159. The number of likely N-dealkylation sites (tertiary alicyclic amines) is 1.